The van der Waals surface area contributed by atoms with Crippen LogP contribution in [0.4, 0.5) is 0 Å². The van der Waals surface area contributed by atoms with E-state index in [1.54, 1.807) is 6.92 Å². The Morgan fingerprint density at radius 2 is 1.89 bits per heavy atom. The van der Waals surface area contributed by atoms with Gasteiger partial charge in [-0.3, -0.25) is 0 Å². The molecule has 0 spiro atoms. The van der Waals surface area contributed by atoms with Gasteiger partial charge >= 0.3 is 5.97 Å². The van der Waals surface area contributed by atoms with Crippen molar-refractivity contribution in [3.63, 3.8) is 0 Å². The maximum atomic E-state index is 11.5. The molecule has 0 aromatic carbocycles. The Labute approximate surface area is 112 Å². The van der Waals surface area contributed by atoms with E-state index < -0.39 is 6.29 Å². The monoisotopic (exact) mass is 256 g/mol. The second-order valence-electron chi connectivity index (χ2n) is 5.18. The van der Waals surface area contributed by atoms with Gasteiger partial charge in [0.1, 0.15) is 0 Å². The normalized spacial score (nSPS) is 12.5. The summed E-state index contributed by atoms with van der Waals surface area (Å²) in [4.78, 5) is 11.5. The molecule has 0 aliphatic heterocycles. The van der Waals surface area contributed by atoms with E-state index in [0.717, 1.165) is 12.8 Å². The standard InChI is InChI=1S/C15H28O3/c1-6-7-8-9-10-17-14(11-12(2)3)18-15(16)13(4)5/h12,14H,4,6-11H2,1-3,5H3. The maximum Gasteiger partial charge on any atom is 0.335 e. The Morgan fingerprint density at radius 3 is 2.39 bits per heavy atom. The fourth-order valence-electron chi connectivity index (χ4n) is 1.50. The average Bonchev–Trinajstić information content (AvgIpc) is 2.27. The first-order valence-corrected chi connectivity index (χ1v) is 6.95. The summed E-state index contributed by atoms with van der Waals surface area (Å²) < 4.78 is 10.9. The number of hydrogen-bond donors (Lipinski definition) is 0. The average molecular weight is 256 g/mol. The fourth-order valence-corrected chi connectivity index (χ4v) is 1.50. The largest absolute Gasteiger partial charge is 0.432 e. The molecule has 0 saturated heterocycles. The van der Waals surface area contributed by atoms with Crippen molar-refractivity contribution in [2.45, 2.75) is 66.1 Å². The predicted octanol–water partition coefficient (Wildman–Crippen LogP) is 4.07. The van der Waals surface area contributed by atoms with E-state index in [0.29, 0.717) is 18.1 Å². The van der Waals surface area contributed by atoms with Crippen molar-refractivity contribution in [3.8, 4) is 0 Å². The number of carbonyl (C=O) groups excluding carboxylic acids is 1. The summed E-state index contributed by atoms with van der Waals surface area (Å²) in [6.45, 7) is 12.2. The van der Waals surface area contributed by atoms with Crippen LogP contribution < -0.4 is 0 Å². The van der Waals surface area contributed by atoms with Gasteiger partial charge in [-0.05, 0) is 19.3 Å². The van der Waals surface area contributed by atoms with Crippen LogP contribution in [0.1, 0.15) is 59.8 Å². The van der Waals surface area contributed by atoms with Crippen LogP contribution in [-0.2, 0) is 14.3 Å². The highest BCUT2D eigenvalue weighted by Gasteiger charge is 2.16. The number of ether oxygens (including phenoxy) is 2. The quantitative estimate of drug-likeness (QED) is 0.256. The van der Waals surface area contributed by atoms with E-state index in [4.69, 9.17) is 9.47 Å². The Morgan fingerprint density at radius 1 is 1.22 bits per heavy atom. The van der Waals surface area contributed by atoms with Crippen LogP contribution in [0.3, 0.4) is 0 Å². The highest BCUT2D eigenvalue weighted by atomic mass is 16.7. The van der Waals surface area contributed by atoms with Crippen LogP contribution in [0.2, 0.25) is 0 Å². The molecule has 18 heavy (non-hydrogen) atoms. The highest BCUT2D eigenvalue weighted by Crippen LogP contribution is 2.12. The van der Waals surface area contributed by atoms with E-state index in [2.05, 4.69) is 27.4 Å². The van der Waals surface area contributed by atoms with Gasteiger partial charge < -0.3 is 9.47 Å². The zero-order valence-corrected chi connectivity index (χ0v) is 12.3. The molecule has 1 atom stereocenters. The van der Waals surface area contributed by atoms with Gasteiger partial charge in [0.25, 0.3) is 0 Å². The third-order valence-corrected chi connectivity index (χ3v) is 2.55. The summed E-state index contributed by atoms with van der Waals surface area (Å²) in [5.41, 5.74) is 0.415. The third-order valence-electron chi connectivity index (χ3n) is 2.55. The van der Waals surface area contributed by atoms with Crippen LogP contribution in [-0.4, -0.2) is 18.9 Å². The van der Waals surface area contributed by atoms with E-state index in [-0.39, 0.29) is 5.97 Å². The molecule has 0 amide bonds. The molecule has 0 heterocycles. The van der Waals surface area contributed by atoms with E-state index in [1.807, 2.05) is 0 Å². The molecule has 3 nitrogen and oxygen atoms in total. The topological polar surface area (TPSA) is 35.5 Å². The predicted molar refractivity (Wildman–Crippen MR) is 74.2 cm³/mol. The third kappa shape index (κ3) is 9.23. The van der Waals surface area contributed by atoms with Gasteiger partial charge in [0.05, 0.1) is 6.61 Å². The first-order valence-electron chi connectivity index (χ1n) is 6.95. The van der Waals surface area contributed by atoms with Crippen molar-refractivity contribution < 1.29 is 14.3 Å². The minimum Gasteiger partial charge on any atom is -0.432 e. The lowest BCUT2D eigenvalue weighted by Gasteiger charge is -2.20. The van der Waals surface area contributed by atoms with Crippen LogP contribution >= 0.6 is 0 Å². The maximum absolute atomic E-state index is 11.5. The molecule has 0 aromatic rings. The molecule has 0 rings (SSSR count). The number of esters is 1. The van der Waals surface area contributed by atoms with Gasteiger partial charge in [-0.15, -0.1) is 0 Å². The van der Waals surface area contributed by atoms with Crippen LogP contribution in [0.15, 0.2) is 12.2 Å². The summed E-state index contributed by atoms with van der Waals surface area (Å²) in [5.74, 6) is 0.0674. The molecule has 0 N–H and O–H groups in total. The molecular weight excluding hydrogens is 228 g/mol. The Bertz CT molecular complexity index is 246. The molecule has 0 radical (unpaired) electrons. The fraction of sp³-hybridized carbons (Fsp3) is 0.800. The van der Waals surface area contributed by atoms with Crippen LogP contribution in [0.5, 0.6) is 0 Å². The molecule has 1 unspecified atom stereocenters. The Kier molecular flexibility index (Phi) is 9.66. The summed E-state index contributed by atoms with van der Waals surface area (Å²) >= 11 is 0. The molecule has 0 fully saturated rings. The zero-order chi connectivity index (χ0) is 14.0. The second kappa shape index (κ2) is 10.1. The first-order chi connectivity index (χ1) is 8.47. The van der Waals surface area contributed by atoms with Crippen molar-refractivity contribution in [1.29, 1.82) is 0 Å². The molecule has 0 bridgehead atoms. The van der Waals surface area contributed by atoms with Gasteiger partial charge in [0.15, 0.2) is 0 Å². The lowest BCUT2D eigenvalue weighted by atomic mass is 10.1. The SMILES string of the molecule is C=C(C)C(=O)OC(CC(C)C)OCCCCCC. The molecular formula is C15H28O3. The van der Waals surface area contributed by atoms with Crippen molar-refractivity contribution in [2.24, 2.45) is 5.92 Å². The van der Waals surface area contributed by atoms with E-state index >= 15 is 0 Å². The molecule has 3 heteroatoms. The smallest absolute Gasteiger partial charge is 0.335 e. The summed E-state index contributed by atoms with van der Waals surface area (Å²) in [6, 6.07) is 0. The zero-order valence-electron chi connectivity index (χ0n) is 12.3. The van der Waals surface area contributed by atoms with Gasteiger partial charge in [0.2, 0.25) is 6.29 Å². The molecule has 0 saturated carbocycles. The molecule has 0 aromatic heterocycles. The molecule has 0 aliphatic rings. The lowest BCUT2D eigenvalue weighted by Crippen LogP contribution is -2.24. The minimum atomic E-state index is -0.434. The highest BCUT2D eigenvalue weighted by molar-refractivity contribution is 5.86. The number of rotatable bonds is 10. The second-order valence-corrected chi connectivity index (χ2v) is 5.18. The van der Waals surface area contributed by atoms with Gasteiger partial charge in [0, 0.05) is 12.0 Å². The lowest BCUT2D eigenvalue weighted by molar-refractivity contribution is -0.177. The van der Waals surface area contributed by atoms with Gasteiger partial charge in [-0.2, -0.15) is 0 Å². The van der Waals surface area contributed by atoms with Gasteiger partial charge in [-0.25, -0.2) is 4.79 Å². The Hall–Kier alpha value is -0.830. The summed E-state index contributed by atoms with van der Waals surface area (Å²) in [5, 5.41) is 0. The Balaban J connectivity index is 3.99. The summed E-state index contributed by atoms with van der Waals surface area (Å²) in [6.07, 6.45) is 4.92. The van der Waals surface area contributed by atoms with Crippen molar-refractivity contribution in [3.05, 3.63) is 12.2 Å². The number of unbranched alkanes of at least 4 members (excludes halogenated alkanes) is 3. The van der Waals surface area contributed by atoms with Gasteiger partial charge in [-0.1, -0.05) is 46.6 Å². The number of hydrogen-bond acceptors (Lipinski definition) is 3. The minimum absolute atomic E-state index is 0.366. The summed E-state index contributed by atoms with van der Waals surface area (Å²) in [7, 11) is 0. The van der Waals surface area contributed by atoms with Crippen molar-refractivity contribution in [2.75, 3.05) is 6.61 Å². The molecule has 0 aliphatic carbocycles. The molecule has 106 valence electrons. The van der Waals surface area contributed by atoms with E-state index in [9.17, 15) is 4.79 Å². The van der Waals surface area contributed by atoms with E-state index in [1.165, 1.54) is 19.3 Å². The van der Waals surface area contributed by atoms with Crippen molar-refractivity contribution >= 4 is 5.97 Å². The first kappa shape index (κ1) is 17.2. The van der Waals surface area contributed by atoms with Crippen LogP contribution in [0, 0.1) is 5.92 Å². The van der Waals surface area contributed by atoms with Crippen molar-refractivity contribution in [1.82, 2.24) is 0 Å². The van der Waals surface area contributed by atoms with Crippen LogP contribution in [0.25, 0.3) is 0 Å². The number of carbonyl (C=O) groups is 1.